The van der Waals surface area contributed by atoms with Crippen molar-refractivity contribution in [2.24, 2.45) is 0 Å². The Labute approximate surface area is 152 Å². The summed E-state index contributed by atoms with van der Waals surface area (Å²) in [6.45, 7) is 13.7. The van der Waals surface area contributed by atoms with Gasteiger partial charge in [-0.3, -0.25) is 4.79 Å². The summed E-state index contributed by atoms with van der Waals surface area (Å²) in [5.74, 6) is 0. The van der Waals surface area contributed by atoms with Gasteiger partial charge in [-0.25, -0.2) is 14.5 Å². The average Bonchev–Trinajstić information content (AvgIpc) is 2.27. The number of amides is 1. The van der Waals surface area contributed by atoms with E-state index in [4.69, 9.17) is 4.74 Å². The molecule has 0 aliphatic carbocycles. The minimum absolute atomic E-state index is 0. The Hall–Kier alpha value is -0.288. The van der Waals surface area contributed by atoms with Gasteiger partial charge in [0.1, 0.15) is 5.60 Å². The number of sulfonamides is 1. The number of nitrogens with zero attached hydrogens (tertiary/aromatic N) is 1. The molecule has 1 amide bonds. The molecule has 120 valence electrons. The van der Waals surface area contributed by atoms with Crippen LogP contribution in [-0.2, 0) is 14.8 Å². The summed E-state index contributed by atoms with van der Waals surface area (Å²) in [6.07, 6.45) is 1.65. The molecule has 0 rings (SSSR count). The Morgan fingerprint density at radius 1 is 1.38 bits per heavy atom. The second-order valence-electron chi connectivity index (χ2n) is 4.79. The van der Waals surface area contributed by atoms with Crippen LogP contribution >= 0.6 is 0 Å². The van der Waals surface area contributed by atoms with Crippen LogP contribution in [0.5, 0.6) is 0 Å². The normalized spacial score (nSPS) is 10.6. The third-order valence-electron chi connectivity index (χ3n) is 1.56. The summed E-state index contributed by atoms with van der Waals surface area (Å²) in [6, 6.07) is 0.639. The van der Waals surface area contributed by atoms with E-state index in [0.29, 0.717) is 12.5 Å². The second-order valence-corrected chi connectivity index (χ2v) is 6.42. The molecule has 0 aliphatic rings. The predicted octanol–water partition coefficient (Wildman–Crippen LogP) is 3.10. The average molecular weight is 542 g/mol. The molecule has 0 heterocycles. The van der Waals surface area contributed by atoms with Crippen LogP contribution in [0.25, 0.3) is 5.32 Å². The first-order valence-corrected chi connectivity index (χ1v) is 7.43. The predicted molar refractivity (Wildman–Crippen MR) is 81.5 cm³/mol. The van der Waals surface area contributed by atoms with E-state index in [2.05, 4.69) is 23.2 Å². The minimum Gasteiger partial charge on any atom is -0.620 e. The van der Waals surface area contributed by atoms with Gasteiger partial charge < -0.3 is 14.8 Å². The van der Waals surface area contributed by atoms with Gasteiger partial charge in [0.15, 0.2) is 0 Å². The van der Waals surface area contributed by atoms with Crippen molar-refractivity contribution in [1.82, 2.24) is 4.72 Å². The monoisotopic (exact) mass is 542 g/mol. The summed E-state index contributed by atoms with van der Waals surface area (Å²) >= 11 is 0. The van der Waals surface area contributed by atoms with E-state index in [9.17, 15) is 13.2 Å². The van der Waals surface area contributed by atoms with Gasteiger partial charge in [-0.15, -0.1) is 26.1 Å². The maximum atomic E-state index is 10.8. The molecule has 21 heavy (non-hydrogen) atoms. The van der Waals surface area contributed by atoms with E-state index < -0.39 is 21.7 Å². The van der Waals surface area contributed by atoms with E-state index in [1.807, 2.05) is 0 Å². The van der Waals surface area contributed by atoms with E-state index in [-0.39, 0.29) is 31.1 Å². The van der Waals surface area contributed by atoms with Gasteiger partial charge in [0.25, 0.3) is 0 Å². The van der Waals surface area contributed by atoms with Crippen LogP contribution in [0.1, 0.15) is 34.1 Å². The molecule has 0 atom stereocenters. The number of rotatable bonds is 5. The molecule has 0 aromatic rings. The van der Waals surface area contributed by atoms with Crippen molar-refractivity contribution in [3.63, 3.8) is 0 Å². The first-order valence-electron chi connectivity index (χ1n) is 5.88. The van der Waals surface area contributed by atoms with E-state index >= 15 is 0 Å². The number of carbonyl (C=O) groups excluding carboxylic acids is 1. The maximum absolute atomic E-state index is 10.8. The van der Waals surface area contributed by atoms with Crippen molar-refractivity contribution in [2.45, 2.75) is 39.7 Å². The molecule has 0 radical (unpaired) electrons. The number of nitrogens with one attached hydrogen (secondary N) is 1. The van der Waals surface area contributed by atoms with Crippen LogP contribution in [0.2, 0.25) is 0 Å². The van der Waals surface area contributed by atoms with Crippen molar-refractivity contribution in [1.29, 1.82) is 0 Å². The molecule has 6 nitrogen and oxygen atoms in total. The summed E-state index contributed by atoms with van der Waals surface area (Å²) in [7, 11) is -1.90. The summed E-state index contributed by atoms with van der Waals surface area (Å²) in [5.41, 5.74) is -0.420. The van der Waals surface area contributed by atoms with E-state index in [1.165, 1.54) is 7.05 Å². The number of ether oxygens (including phenoxy) is 1. The van der Waals surface area contributed by atoms with Gasteiger partial charge in [0, 0.05) is 5.41 Å². The van der Waals surface area contributed by atoms with Crippen LogP contribution < -0.4 is 4.72 Å². The molecule has 0 saturated carbocycles. The number of carbonyl (C=O) groups is 1. The van der Waals surface area contributed by atoms with E-state index in [1.54, 1.807) is 33.8 Å². The quantitative estimate of drug-likeness (QED) is 0.428. The van der Waals surface area contributed by atoms with E-state index in [0.717, 1.165) is 5.41 Å². The summed E-state index contributed by atoms with van der Waals surface area (Å²) < 4.78 is 28.7. The molecule has 0 aromatic heterocycles. The first-order chi connectivity index (χ1) is 8.97. The van der Waals surface area contributed by atoms with Gasteiger partial charge in [0.05, 0.1) is 0 Å². The molecule has 8 heteroatoms. The van der Waals surface area contributed by atoms with Crippen molar-refractivity contribution >= 4 is 16.1 Å². The zero-order valence-corrected chi connectivity index (χ0v) is 18.2. The van der Waals surface area contributed by atoms with Crippen molar-refractivity contribution < 1.29 is 49.1 Å². The molecule has 0 unspecified atom stereocenters. The van der Waals surface area contributed by atoms with Crippen molar-refractivity contribution in [3.05, 3.63) is 36.0 Å². The number of hydrogen-bond acceptors (Lipinski definition) is 4. The maximum Gasteiger partial charge on any atom is 2.00 e. The smallest absolute Gasteiger partial charge is 0.620 e. The molecule has 0 bridgehead atoms. The standard InChI is InChI=1S/C7H12NO2S.C6H13NO2.U/c1-4-6-7(3)8-11(9,10)5-2;1-6(2,3)9-5(8)7-4;/h4-5,8H,1-2,6H2,3H3;1-4H3,(H,7,8);/q-1;;+2/p-1. The van der Waals surface area contributed by atoms with Gasteiger partial charge in [0.2, 0.25) is 16.1 Å². The van der Waals surface area contributed by atoms with Crippen LogP contribution in [0.15, 0.2) is 24.6 Å². The van der Waals surface area contributed by atoms with Crippen LogP contribution in [0.3, 0.4) is 0 Å². The second kappa shape index (κ2) is 12.3. The minimum atomic E-state index is -3.31. The van der Waals surface area contributed by atoms with Crippen molar-refractivity contribution in [3.8, 4) is 0 Å². The van der Waals surface area contributed by atoms with Crippen LogP contribution in [0, 0.1) is 37.2 Å². The van der Waals surface area contributed by atoms with Gasteiger partial charge >= 0.3 is 31.1 Å². The van der Waals surface area contributed by atoms with Gasteiger partial charge in [-0.2, -0.15) is 6.92 Å². The zero-order valence-electron chi connectivity index (χ0n) is 13.3. The van der Waals surface area contributed by atoms with Crippen LogP contribution in [0.4, 0.5) is 4.79 Å². The van der Waals surface area contributed by atoms with Gasteiger partial charge in [-0.05, 0) is 20.8 Å². The molecule has 0 aromatic carbocycles. The van der Waals surface area contributed by atoms with Gasteiger partial charge in [-0.1, -0.05) is 6.58 Å². The first kappa shape index (κ1) is 25.7. The largest absolute Gasteiger partial charge is 2.00 e. The molecular formula is C13H24N2O4SU. The molecule has 0 saturated heterocycles. The Bertz CT molecular complexity index is 416. The fraction of sp³-hybridized carbons (Fsp3) is 0.538. The fourth-order valence-electron chi connectivity index (χ4n) is 0.850. The zero-order chi connectivity index (χ0) is 16.4. The molecular weight excluding hydrogens is 518 g/mol. The van der Waals surface area contributed by atoms with Crippen LogP contribution in [-0.4, -0.2) is 27.2 Å². The summed E-state index contributed by atoms with van der Waals surface area (Å²) in [5, 5.41) is 4.19. The number of hydrogen-bond donors (Lipinski definition) is 1. The fourth-order valence-corrected chi connectivity index (χ4v) is 1.50. The Morgan fingerprint density at radius 3 is 2.10 bits per heavy atom. The third kappa shape index (κ3) is 19.7. The topological polar surface area (TPSA) is 86.6 Å². The third-order valence-corrected chi connectivity index (χ3v) is 2.63. The summed E-state index contributed by atoms with van der Waals surface area (Å²) in [4.78, 5) is 10.4. The molecule has 0 spiro atoms. The molecule has 0 aliphatic heterocycles. The Balaban J connectivity index is -0.000000300. The molecule has 1 N–H and O–H groups in total. The SMILES string of the molecule is C=CC[C-](C)NS(=O)(=O)C=C.C[N-]C(=O)OC(C)(C)C.[U+2]. The Kier molecular flexibility index (Phi) is 15.0. The molecule has 0 fully saturated rings. The van der Waals surface area contributed by atoms with Crippen molar-refractivity contribution in [2.75, 3.05) is 7.05 Å². The Morgan fingerprint density at radius 2 is 1.86 bits per heavy atom.